The van der Waals surface area contributed by atoms with E-state index in [1.54, 1.807) is 9.58 Å². The van der Waals surface area contributed by atoms with E-state index in [-0.39, 0.29) is 29.9 Å². The van der Waals surface area contributed by atoms with Gasteiger partial charge in [0.2, 0.25) is 11.8 Å². The van der Waals surface area contributed by atoms with Crippen LogP contribution in [-0.2, 0) is 16.1 Å². The van der Waals surface area contributed by atoms with Gasteiger partial charge in [-0.2, -0.15) is 5.10 Å². The molecule has 2 aliphatic rings. The van der Waals surface area contributed by atoms with Gasteiger partial charge in [-0.15, -0.1) is 0 Å². The van der Waals surface area contributed by atoms with E-state index >= 15 is 0 Å². The maximum Gasteiger partial charge on any atom is 0.245 e. The fourth-order valence-corrected chi connectivity index (χ4v) is 4.15. The number of hydrogen-bond donors (Lipinski definition) is 2. The van der Waals surface area contributed by atoms with E-state index in [1.165, 1.54) is 0 Å². The number of nitrogens with one attached hydrogen (secondary N) is 2. The minimum absolute atomic E-state index is 0.0314. The van der Waals surface area contributed by atoms with E-state index in [0.717, 1.165) is 17.7 Å². The summed E-state index contributed by atoms with van der Waals surface area (Å²) in [6.07, 6.45) is 5.96. The predicted molar refractivity (Wildman–Crippen MR) is 106 cm³/mol. The Hall–Kier alpha value is -2.38. The van der Waals surface area contributed by atoms with Crippen molar-refractivity contribution in [2.24, 2.45) is 0 Å². The minimum atomic E-state index is -0.372. The van der Waals surface area contributed by atoms with Crippen molar-refractivity contribution in [2.45, 2.75) is 50.9 Å². The molecule has 1 aromatic heterocycles. The summed E-state index contributed by atoms with van der Waals surface area (Å²) in [5, 5.41) is 11.4. The standard InChI is InChI=1S/C20H24ClN5O2/c1-2-4-17-20(28)25-12-15(8-18(25)19(27)24-17)22-9-13-10-23-26(11-13)16-6-3-5-14(21)7-16/h3,5-7,10-11,15,17-18,22H,2,4,8-9,12H2,1H3,(H,24,27)/t15-,17-,18-/m0/s1. The Morgan fingerprint density at radius 1 is 1.36 bits per heavy atom. The maximum absolute atomic E-state index is 12.6. The summed E-state index contributed by atoms with van der Waals surface area (Å²) in [6.45, 7) is 3.21. The van der Waals surface area contributed by atoms with Crippen LogP contribution in [0.15, 0.2) is 36.7 Å². The molecule has 2 aliphatic heterocycles. The number of halogens is 1. The van der Waals surface area contributed by atoms with Crippen molar-refractivity contribution in [1.29, 1.82) is 0 Å². The highest BCUT2D eigenvalue weighted by Crippen LogP contribution is 2.24. The van der Waals surface area contributed by atoms with E-state index < -0.39 is 0 Å². The van der Waals surface area contributed by atoms with Gasteiger partial charge in [-0.25, -0.2) is 4.68 Å². The van der Waals surface area contributed by atoms with Crippen molar-refractivity contribution in [3.63, 3.8) is 0 Å². The number of hydrogen-bond acceptors (Lipinski definition) is 4. The summed E-state index contributed by atoms with van der Waals surface area (Å²) in [5.41, 5.74) is 1.94. The lowest BCUT2D eigenvalue weighted by molar-refractivity contribution is -0.147. The predicted octanol–water partition coefficient (Wildman–Crippen LogP) is 1.88. The van der Waals surface area contributed by atoms with Crippen LogP contribution in [0.1, 0.15) is 31.7 Å². The monoisotopic (exact) mass is 401 g/mol. The van der Waals surface area contributed by atoms with E-state index in [2.05, 4.69) is 15.7 Å². The normalized spacial score (nSPS) is 24.4. The quantitative estimate of drug-likeness (QED) is 0.774. The van der Waals surface area contributed by atoms with Crippen molar-refractivity contribution in [3.8, 4) is 5.69 Å². The summed E-state index contributed by atoms with van der Waals surface area (Å²) in [5.74, 6) is 0.0145. The number of piperazine rings is 1. The molecule has 2 fully saturated rings. The summed E-state index contributed by atoms with van der Waals surface area (Å²) in [6, 6.07) is 6.89. The molecule has 2 saturated heterocycles. The molecule has 1 aromatic carbocycles. The SMILES string of the molecule is CCC[C@@H]1NC(=O)[C@@H]2C[C@H](NCc3cnn(-c4cccc(Cl)c4)c3)CN2C1=O. The van der Waals surface area contributed by atoms with Gasteiger partial charge in [-0.05, 0) is 31.0 Å². The first-order valence-corrected chi connectivity index (χ1v) is 10.1. The number of benzene rings is 1. The summed E-state index contributed by atoms with van der Waals surface area (Å²) >= 11 is 6.04. The van der Waals surface area contributed by atoms with E-state index in [9.17, 15) is 9.59 Å². The summed E-state index contributed by atoms with van der Waals surface area (Å²) < 4.78 is 1.78. The van der Waals surface area contributed by atoms with Gasteiger partial charge in [-0.3, -0.25) is 9.59 Å². The van der Waals surface area contributed by atoms with E-state index in [0.29, 0.717) is 31.0 Å². The molecule has 0 aliphatic carbocycles. The molecule has 2 amide bonds. The lowest BCUT2D eigenvalue weighted by Gasteiger charge is -2.34. The van der Waals surface area contributed by atoms with Crippen LogP contribution in [0.25, 0.3) is 5.69 Å². The molecule has 2 aromatic rings. The van der Waals surface area contributed by atoms with Crippen LogP contribution in [-0.4, -0.2) is 51.2 Å². The fourth-order valence-electron chi connectivity index (χ4n) is 3.96. The topological polar surface area (TPSA) is 79.3 Å². The number of rotatable bonds is 6. The Morgan fingerprint density at radius 2 is 2.21 bits per heavy atom. The van der Waals surface area contributed by atoms with Crippen LogP contribution in [0.3, 0.4) is 0 Å². The van der Waals surface area contributed by atoms with Gasteiger partial charge in [-0.1, -0.05) is 31.0 Å². The number of carbonyl (C=O) groups excluding carboxylic acids is 2. The molecular formula is C20H24ClN5O2. The molecule has 148 valence electrons. The van der Waals surface area contributed by atoms with Crippen LogP contribution >= 0.6 is 11.6 Å². The maximum atomic E-state index is 12.6. The molecule has 0 unspecified atom stereocenters. The molecular weight excluding hydrogens is 378 g/mol. The van der Waals surface area contributed by atoms with Crippen LogP contribution < -0.4 is 10.6 Å². The second kappa shape index (κ2) is 7.93. The summed E-state index contributed by atoms with van der Waals surface area (Å²) in [7, 11) is 0. The molecule has 0 spiro atoms. The lowest BCUT2D eigenvalue weighted by atomic mass is 10.0. The number of nitrogens with zero attached hydrogens (tertiary/aromatic N) is 3. The third-order valence-electron chi connectivity index (χ3n) is 5.38. The van der Waals surface area contributed by atoms with Crippen LogP contribution in [0.2, 0.25) is 5.02 Å². The van der Waals surface area contributed by atoms with Gasteiger partial charge >= 0.3 is 0 Å². The van der Waals surface area contributed by atoms with Crippen molar-refractivity contribution in [3.05, 3.63) is 47.2 Å². The second-order valence-electron chi connectivity index (χ2n) is 7.44. The first-order chi connectivity index (χ1) is 13.5. The van der Waals surface area contributed by atoms with Crippen molar-refractivity contribution in [2.75, 3.05) is 6.54 Å². The van der Waals surface area contributed by atoms with E-state index in [1.807, 2.05) is 43.6 Å². The molecule has 2 N–H and O–H groups in total. The molecule has 0 radical (unpaired) electrons. The van der Waals surface area contributed by atoms with Crippen LogP contribution in [0.4, 0.5) is 0 Å². The molecule has 28 heavy (non-hydrogen) atoms. The Balaban J connectivity index is 1.37. The van der Waals surface area contributed by atoms with Gasteiger partial charge in [0.15, 0.2) is 0 Å². The largest absolute Gasteiger partial charge is 0.343 e. The van der Waals surface area contributed by atoms with Crippen molar-refractivity contribution in [1.82, 2.24) is 25.3 Å². The van der Waals surface area contributed by atoms with Gasteiger partial charge in [0.25, 0.3) is 0 Å². The Kier molecular flexibility index (Phi) is 5.37. The number of aromatic nitrogens is 2. The van der Waals surface area contributed by atoms with Crippen LogP contribution in [0.5, 0.6) is 0 Å². The summed E-state index contributed by atoms with van der Waals surface area (Å²) in [4.78, 5) is 26.7. The highest BCUT2D eigenvalue weighted by atomic mass is 35.5. The molecule has 0 bridgehead atoms. The molecule has 3 atom stereocenters. The first-order valence-electron chi connectivity index (χ1n) is 9.69. The average molecular weight is 402 g/mol. The fraction of sp³-hybridized carbons (Fsp3) is 0.450. The molecule has 4 rings (SSSR count). The van der Waals surface area contributed by atoms with Crippen LogP contribution in [0, 0.1) is 0 Å². The smallest absolute Gasteiger partial charge is 0.245 e. The zero-order valence-corrected chi connectivity index (χ0v) is 16.5. The van der Waals surface area contributed by atoms with Gasteiger partial charge < -0.3 is 15.5 Å². The zero-order valence-electron chi connectivity index (χ0n) is 15.8. The Bertz CT molecular complexity index is 883. The van der Waals surface area contributed by atoms with E-state index in [4.69, 9.17) is 11.6 Å². The molecule has 8 heteroatoms. The highest BCUT2D eigenvalue weighted by Gasteiger charge is 2.45. The van der Waals surface area contributed by atoms with Gasteiger partial charge in [0, 0.05) is 35.9 Å². The van der Waals surface area contributed by atoms with Gasteiger partial charge in [0.05, 0.1) is 11.9 Å². The highest BCUT2D eigenvalue weighted by molar-refractivity contribution is 6.30. The Labute approximate surface area is 169 Å². The Morgan fingerprint density at radius 3 is 3.00 bits per heavy atom. The number of fused-ring (bicyclic) bond motifs is 1. The van der Waals surface area contributed by atoms with Crippen molar-refractivity contribution < 1.29 is 9.59 Å². The molecule has 0 saturated carbocycles. The first kappa shape index (κ1) is 19.0. The average Bonchev–Trinajstić information content (AvgIpc) is 3.32. The number of carbonyl (C=O) groups is 2. The third kappa shape index (κ3) is 3.77. The number of amides is 2. The van der Waals surface area contributed by atoms with Gasteiger partial charge in [0.1, 0.15) is 12.1 Å². The third-order valence-corrected chi connectivity index (χ3v) is 5.62. The second-order valence-corrected chi connectivity index (χ2v) is 7.88. The molecule has 3 heterocycles. The lowest BCUT2D eigenvalue weighted by Crippen LogP contribution is -2.61. The molecule has 7 nitrogen and oxygen atoms in total. The van der Waals surface area contributed by atoms with Crippen molar-refractivity contribution >= 4 is 23.4 Å². The zero-order chi connectivity index (χ0) is 19.7. The minimum Gasteiger partial charge on any atom is -0.343 e.